The second-order valence-corrected chi connectivity index (χ2v) is 4.78. The first-order valence-corrected chi connectivity index (χ1v) is 6.24. The summed E-state index contributed by atoms with van der Waals surface area (Å²) >= 11 is 0. The van der Waals surface area contributed by atoms with Crippen LogP contribution >= 0.6 is 0 Å². The van der Waals surface area contributed by atoms with Crippen molar-refractivity contribution in [3.63, 3.8) is 0 Å². The number of phenolic OH excluding ortho intramolecular Hbond substituents is 1. The van der Waals surface area contributed by atoms with E-state index in [0.717, 1.165) is 18.4 Å². The van der Waals surface area contributed by atoms with E-state index in [1.54, 1.807) is 24.1 Å². The average Bonchev–Trinajstić information content (AvgIpc) is 2.38. The minimum absolute atomic E-state index is 0.0545. The van der Waals surface area contributed by atoms with E-state index in [2.05, 4.69) is 0 Å². The van der Waals surface area contributed by atoms with E-state index in [0.29, 0.717) is 18.8 Å². The van der Waals surface area contributed by atoms with Gasteiger partial charge < -0.3 is 14.7 Å². The van der Waals surface area contributed by atoms with Crippen LogP contribution in [0.2, 0.25) is 0 Å². The maximum Gasteiger partial charge on any atom is 0.257 e. The molecule has 1 heterocycles. The van der Waals surface area contributed by atoms with E-state index in [4.69, 9.17) is 4.74 Å². The topological polar surface area (TPSA) is 49.8 Å². The van der Waals surface area contributed by atoms with Crippen molar-refractivity contribution in [1.29, 1.82) is 0 Å². The molecule has 0 radical (unpaired) electrons. The molecule has 2 rings (SSSR count). The van der Waals surface area contributed by atoms with E-state index < -0.39 is 0 Å². The van der Waals surface area contributed by atoms with Crippen LogP contribution in [-0.2, 0) is 4.74 Å². The van der Waals surface area contributed by atoms with Gasteiger partial charge in [-0.1, -0.05) is 6.07 Å². The zero-order valence-electron chi connectivity index (χ0n) is 10.8. The normalized spacial score (nSPS) is 16.6. The van der Waals surface area contributed by atoms with Gasteiger partial charge in [0.2, 0.25) is 0 Å². The molecule has 1 N–H and O–H groups in total. The largest absolute Gasteiger partial charge is 0.507 e. The molecule has 1 aromatic carbocycles. The Labute approximate surface area is 107 Å². The molecule has 0 aromatic heterocycles. The number of aryl methyl sites for hydroxylation is 1. The number of benzene rings is 1. The monoisotopic (exact) mass is 249 g/mol. The Balaban J connectivity index is 2.14. The molecule has 1 aliphatic heterocycles. The van der Waals surface area contributed by atoms with Crippen molar-refractivity contribution in [2.75, 3.05) is 20.3 Å². The summed E-state index contributed by atoms with van der Waals surface area (Å²) in [4.78, 5) is 14.0. The summed E-state index contributed by atoms with van der Waals surface area (Å²) < 4.78 is 5.29. The van der Waals surface area contributed by atoms with Crippen molar-refractivity contribution in [2.24, 2.45) is 0 Å². The predicted octanol–water partition coefficient (Wildman–Crippen LogP) is 1.95. The second-order valence-electron chi connectivity index (χ2n) is 4.78. The van der Waals surface area contributed by atoms with Crippen molar-refractivity contribution in [3.8, 4) is 5.75 Å². The van der Waals surface area contributed by atoms with Crippen molar-refractivity contribution in [1.82, 2.24) is 4.90 Å². The number of nitrogens with zero attached hydrogens (tertiary/aromatic N) is 1. The number of hydrogen-bond acceptors (Lipinski definition) is 3. The van der Waals surface area contributed by atoms with Gasteiger partial charge in [-0.25, -0.2) is 0 Å². The standard InChI is InChI=1S/C14H19NO3/c1-10-3-4-12(13(16)9-10)14(17)15(2)11-5-7-18-8-6-11/h3-4,9,11,16H,5-8H2,1-2H3. The molecule has 1 aliphatic rings. The first-order valence-electron chi connectivity index (χ1n) is 6.24. The smallest absolute Gasteiger partial charge is 0.257 e. The van der Waals surface area contributed by atoms with Gasteiger partial charge in [0.25, 0.3) is 5.91 Å². The Morgan fingerprint density at radius 2 is 2.06 bits per heavy atom. The number of ether oxygens (including phenoxy) is 1. The number of phenols is 1. The van der Waals surface area contributed by atoms with Crippen LogP contribution in [0.15, 0.2) is 18.2 Å². The highest BCUT2D eigenvalue weighted by Gasteiger charge is 2.24. The van der Waals surface area contributed by atoms with E-state index >= 15 is 0 Å². The summed E-state index contributed by atoms with van der Waals surface area (Å²) in [5, 5.41) is 9.84. The predicted molar refractivity (Wildman–Crippen MR) is 68.8 cm³/mol. The van der Waals surface area contributed by atoms with Gasteiger partial charge >= 0.3 is 0 Å². The molecular weight excluding hydrogens is 230 g/mol. The van der Waals surface area contributed by atoms with Crippen LogP contribution in [0, 0.1) is 6.92 Å². The SMILES string of the molecule is Cc1ccc(C(=O)N(C)C2CCOCC2)c(O)c1. The molecule has 1 amide bonds. The van der Waals surface area contributed by atoms with Gasteiger partial charge in [0.15, 0.2) is 0 Å². The van der Waals surface area contributed by atoms with Gasteiger partial charge in [0, 0.05) is 26.3 Å². The first-order chi connectivity index (χ1) is 8.59. The third kappa shape index (κ3) is 2.64. The van der Waals surface area contributed by atoms with Gasteiger partial charge in [-0.2, -0.15) is 0 Å². The van der Waals surface area contributed by atoms with Crippen molar-refractivity contribution in [2.45, 2.75) is 25.8 Å². The molecule has 0 spiro atoms. The molecular formula is C14H19NO3. The molecule has 1 saturated heterocycles. The number of carbonyl (C=O) groups is 1. The van der Waals surface area contributed by atoms with Gasteiger partial charge in [0.1, 0.15) is 5.75 Å². The maximum absolute atomic E-state index is 12.3. The van der Waals surface area contributed by atoms with E-state index in [9.17, 15) is 9.90 Å². The molecule has 4 heteroatoms. The molecule has 98 valence electrons. The van der Waals surface area contributed by atoms with Crippen LogP contribution < -0.4 is 0 Å². The van der Waals surface area contributed by atoms with Crippen LogP contribution in [0.3, 0.4) is 0 Å². The summed E-state index contributed by atoms with van der Waals surface area (Å²) in [5.41, 5.74) is 1.31. The third-order valence-electron chi connectivity index (χ3n) is 3.44. The fourth-order valence-corrected chi connectivity index (χ4v) is 2.25. The lowest BCUT2D eigenvalue weighted by Crippen LogP contribution is -2.40. The maximum atomic E-state index is 12.3. The summed E-state index contributed by atoms with van der Waals surface area (Å²) in [7, 11) is 1.79. The van der Waals surface area contributed by atoms with E-state index in [1.165, 1.54) is 0 Å². The van der Waals surface area contributed by atoms with Crippen molar-refractivity contribution >= 4 is 5.91 Å². The van der Waals surface area contributed by atoms with Crippen LogP contribution in [0.1, 0.15) is 28.8 Å². The summed E-state index contributed by atoms with van der Waals surface area (Å²) in [6, 6.07) is 5.34. The number of hydrogen-bond donors (Lipinski definition) is 1. The summed E-state index contributed by atoms with van der Waals surface area (Å²) in [6.45, 7) is 3.28. The van der Waals surface area contributed by atoms with Crippen LogP contribution in [0.25, 0.3) is 0 Å². The highest BCUT2D eigenvalue weighted by Crippen LogP contribution is 2.22. The molecule has 1 aromatic rings. The molecule has 18 heavy (non-hydrogen) atoms. The lowest BCUT2D eigenvalue weighted by atomic mass is 10.1. The molecule has 1 fully saturated rings. The number of amides is 1. The quantitative estimate of drug-likeness (QED) is 0.871. The highest BCUT2D eigenvalue weighted by atomic mass is 16.5. The second kappa shape index (κ2) is 5.40. The molecule has 0 unspecified atom stereocenters. The van der Waals surface area contributed by atoms with Gasteiger partial charge in [0.05, 0.1) is 5.56 Å². The molecule has 0 aliphatic carbocycles. The molecule has 0 saturated carbocycles. The third-order valence-corrected chi connectivity index (χ3v) is 3.44. The Hall–Kier alpha value is -1.55. The van der Waals surface area contributed by atoms with Crippen molar-refractivity contribution < 1.29 is 14.6 Å². The van der Waals surface area contributed by atoms with Gasteiger partial charge in [-0.15, -0.1) is 0 Å². The first kappa shape index (κ1) is 12.9. The number of rotatable bonds is 2. The zero-order chi connectivity index (χ0) is 13.1. The van der Waals surface area contributed by atoms with Crippen LogP contribution in [0.5, 0.6) is 5.75 Å². The Kier molecular flexibility index (Phi) is 3.87. The Morgan fingerprint density at radius 1 is 1.39 bits per heavy atom. The van der Waals surface area contributed by atoms with Crippen LogP contribution in [-0.4, -0.2) is 42.2 Å². The minimum Gasteiger partial charge on any atom is -0.507 e. The minimum atomic E-state index is -0.126. The van der Waals surface area contributed by atoms with Crippen molar-refractivity contribution in [3.05, 3.63) is 29.3 Å². The summed E-state index contributed by atoms with van der Waals surface area (Å²) in [5.74, 6) is -0.0710. The number of aromatic hydroxyl groups is 1. The highest BCUT2D eigenvalue weighted by molar-refractivity contribution is 5.96. The van der Waals surface area contributed by atoms with E-state index in [-0.39, 0.29) is 17.7 Å². The van der Waals surface area contributed by atoms with Gasteiger partial charge in [-0.05, 0) is 37.5 Å². The molecule has 0 bridgehead atoms. The lowest BCUT2D eigenvalue weighted by Gasteiger charge is -2.31. The Morgan fingerprint density at radius 3 is 2.67 bits per heavy atom. The summed E-state index contributed by atoms with van der Waals surface area (Å²) in [6.07, 6.45) is 1.71. The average molecular weight is 249 g/mol. The zero-order valence-corrected chi connectivity index (χ0v) is 10.8. The molecule has 0 atom stereocenters. The van der Waals surface area contributed by atoms with E-state index in [1.807, 2.05) is 13.0 Å². The van der Waals surface area contributed by atoms with Crippen LogP contribution in [0.4, 0.5) is 0 Å². The number of carbonyl (C=O) groups excluding carboxylic acids is 1. The lowest BCUT2D eigenvalue weighted by molar-refractivity contribution is 0.0360. The fraction of sp³-hybridized carbons (Fsp3) is 0.500. The molecule has 4 nitrogen and oxygen atoms in total. The Bertz CT molecular complexity index is 439. The fourth-order valence-electron chi connectivity index (χ4n) is 2.25. The van der Waals surface area contributed by atoms with Gasteiger partial charge in [-0.3, -0.25) is 4.79 Å².